The molecule has 0 atom stereocenters. The van der Waals surface area contributed by atoms with Gasteiger partial charge in [0.2, 0.25) is 0 Å². The molecule has 182 valence electrons. The molecule has 0 saturated heterocycles. The SMILES string of the molecule is O=C(O)CCc1ccc(COc2cccc3c2N(Cc2ccccc2-c2ccccc2)CCC3)cc1. The van der Waals surface area contributed by atoms with E-state index in [2.05, 4.69) is 77.7 Å². The van der Waals surface area contributed by atoms with Crippen molar-refractivity contribution in [3.05, 3.63) is 119 Å². The van der Waals surface area contributed by atoms with Gasteiger partial charge in [-0.2, -0.15) is 0 Å². The molecule has 1 N–H and O–H groups in total. The average Bonchev–Trinajstić information content (AvgIpc) is 2.92. The lowest BCUT2D eigenvalue weighted by Gasteiger charge is -2.33. The summed E-state index contributed by atoms with van der Waals surface area (Å²) in [5.74, 6) is 0.145. The first-order valence-corrected chi connectivity index (χ1v) is 12.6. The van der Waals surface area contributed by atoms with Crippen LogP contribution in [0.3, 0.4) is 0 Å². The largest absolute Gasteiger partial charge is 0.487 e. The third kappa shape index (κ3) is 5.60. The Labute approximate surface area is 212 Å². The van der Waals surface area contributed by atoms with Crippen LogP contribution >= 0.6 is 0 Å². The lowest BCUT2D eigenvalue weighted by Crippen LogP contribution is -2.29. The minimum Gasteiger partial charge on any atom is -0.487 e. The molecule has 0 aromatic heterocycles. The van der Waals surface area contributed by atoms with E-state index in [4.69, 9.17) is 9.84 Å². The maximum absolute atomic E-state index is 10.8. The molecule has 4 aromatic rings. The fourth-order valence-corrected chi connectivity index (χ4v) is 4.95. The lowest BCUT2D eigenvalue weighted by molar-refractivity contribution is -0.136. The molecule has 5 rings (SSSR count). The smallest absolute Gasteiger partial charge is 0.303 e. The lowest BCUT2D eigenvalue weighted by atomic mass is 9.97. The number of para-hydroxylation sites is 1. The number of anilines is 1. The zero-order chi connectivity index (χ0) is 24.7. The van der Waals surface area contributed by atoms with Crippen LogP contribution in [0.2, 0.25) is 0 Å². The summed E-state index contributed by atoms with van der Waals surface area (Å²) < 4.78 is 6.38. The Bertz CT molecular complexity index is 1320. The van der Waals surface area contributed by atoms with Gasteiger partial charge in [-0.05, 0) is 58.7 Å². The Morgan fingerprint density at radius 2 is 1.58 bits per heavy atom. The Balaban J connectivity index is 1.35. The molecule has 4 nitrogen and oxygen atoms in total. The van der Waals surface area contributed by atoms with E-state index >= 15 is 0 Å². The summed E-state index contributed by atoms with van der Waals surface area (Å²) in [5.41, 5.74) is 8.45. The summed E-state index contributed by atoms with van der Waals surface area (Å²) >= 11 is 0. The summed E-state index contributed by atoms with van der Waals surface area (Å²) in [6.45, 7) is 2.30. The molecule has 1 aliphatic rings. The van der Waals surface area contributed by atoms with Crippen LogP contribution in [-0.2, 0) is 30.8 Å². The van der Waals surface area contributed by atoms with E-state index in [1.807, 2.05) is 24.3 Å². The van der Waals surface area contributed by atoms with Gasteiger partial charge in [0.1, 0.15) is 12.4 Å². The van der Waals surface area contributed by atoms with E-state index < -0.39 is 5.97 Å². The number of ether oxygens (including phenoxy) is 1. The van der Waals surface area contributed by atoms with Gasteiger partial charge in [0, 0.05) is 19.5 Å². The molecule has 0 amide bonds. The van der Waals surface area contributed by atoms with Gasteiger partial charge >= 0.3 is 5.97 Å². The van der Waals surface area contributed by atoms with Crippen molar-refractivity contribution in [1.29, 1.82) is 0 Å². The van der Waals surface area contributed by atoms with Gasteiger partial charge in [-0.3, -0.25) is 4.79 Å². The number of carboxylic acids is 1. The molecular formula is C32H31NO3. The molecule has 0 radical (unpaired) electrons. The van der Waals surface area contributed by atoms with E-state index in [1.54, 1.807) is 0 Å². The van der Waals surface area contributed by atoms with Crippen molar-refractivity contribution >= 4 is 11.7 Å². The second kappa shape index (κ2) is 11.1. The first kappa shape index (κ1) is 23.7. The van der Waals surface area contributed by atoms with Crippen LogP contribution < -0.4 is 9.64 Å². The van der Waals surface area contributed by atoms with Gasteiger partial charge in [0.25, 0.3) is 0 Å². The van der Waals surface area contributed by atoms with Crippen molar-refractivity contribution in [3.63, 3.8) is 0 Å². The van der Waals surface area contributed by atoms with E-state index in [9.17, 15) is 4.79 Å². The summed E-state index contributed by atoms with van der Waals surface area (Å²) in [5, 5.41) is 8.90. The molecule has 0 unspecified atom stereocenters. The van der Waals surface area contributed by atoms with Crippen LogP contribution in [-0.4, -0.2) is 17.6 Å². The van der Waals surface area contributed by atoms with Crippen molar-refractivity contribution in [1.82, 2.24) is 0 Å². The number of aryl methyl sites for hydroxylation is 2. The molecule has 1 aliphatic heterocycles. The van der Waals surface area contributed by atoms with E-state index in [-0.39, 0.29) is 6.42 Å². The topological polar surface area (TPSA) is 49.8 Å². The quantitative estimate of drug-likeness (QED) is 0.285. The van der Waals surface area contributed by atoms with Crippen LogP contribution in [0.15, 0.2) is 97.1 Å². The number of fused-ring (bicyclic) bond motifs is 1. The number of carboxylic acid groups (broad SMARTS) is 1. The highest BCUT2D eigenvalue weighted by molar-refractivity contribution is 5.70. The van der Waals surface area contributed by atoms with Crippen molar-refractivity contribution < 1.29 is 14.6 Å². The molecule has 0 fully saturated rings. The van der Waals surface area contributed by atoms with Crippen molar-refractivity contribution in [2.45, 2.75) is 38.8 Å². The monoisotopic (exact) mass is 477 g/mol. The van der Waals surface area contributed by atoms with Crippen LogP contribution in [0.1, 0.15) is 35.1 Å². The normalized spacial score (nSPS) is 12.7. The molecule has 0 bridgehead atoms. The number of hydrogen-bond acceptors (Lipinski definition) is 3. The first-order valence-electron chi connectivity index (χ1n) is 12.6. The average molecular weight is 478 g/mol. The molecule has 0 saturated carbocycles. The Morgan fingerprint density at radius 3 is 2.39 bits per heavy atom. The maximum Gasteiger partial charge on any atom is 0.303 e. The Kier molecular flexibility index (Phi) is 7.32. The predicted octanol–water partition coefficient (Wildman–Crippen LogP) is 6.90. The molecule has 4 heteroatoms. The molecule has 4 aromatic carbocycles. The van der Waals surface area contributed by atoms with Gasteiger partial charge < -0.3 is 14.7 Å². The third-order valence-corrected chi connectivity index (χ3v) is 6.78. The fourth-order valence-electron chi connectivity index (χ4n) is 4.95. The van der Waals surface area contributed by atoms with Gasteiger partial charge in [0.15, 0.2) is 0 Å². The molecule has 0 spiro atoms. The standard InChI is InChI=1S/C32H31NO3/c34-31(35)20-19-24-15-17-25(18-16-24)23-36-30-14-6-11-27-12-7-21-33(32(27)30)22-28-10-4-5-13-29(28)26-8-2-1-3-9-26/h1-6,8-11,13-18H,7,12,19-23H2,(H,34,35). The van der Waals surface area contributed by atoms with Crippen molar-refractivity contribution in [2.24, 2.45) is 0 Å². The second-order valence-electron chi connectivity index (χ2n) is 9.31. The zero-order valence-corrected chi connectivity index (χ0v) is 20.4. The molecule has 1 heterocycles. The number of benzene rings is 4. The fraction of sp³-hybridized carbons (Fsp3) is 0.219. The number of aliphatic carboxylic acids is 1. The highest BCUT2D eigenvalue weighted by Gasteiger charge is 2.22. The number of rotatable bonds is 9. The minimum atomic E-state index is -0.771. The van der Waals surface area contributed by atoms with Crippen LogP contribution in [0.5, 0.6) is 5.75 Å². The maximum atomic E-state index is 10.8. The zero-order valence-electron chi connectivity index (χ0n) is 20.4. The van der Waals surface area contributed by atoms with Crippen molar-refractivity contribution in [2.75, 3.05) is 11.4 Å². The van der Waals surface area contributed by atoms with Gasteiger partial charge in [-0.25, -0.2) is 0 Å². The predicted molar refractivity (Wildman–Crippen MR) is 144 cm³/mol. The van der Waals surface area contributed by atoms with Crippen LogP contribution in [0.25, 0.3) is 11.1 Å². The highest BCUT2D eigenvalue weighted by Crippen LogP contribution is 2.38. The van der Waals surface area contributed by atoms with E-state index in [0.717, 1.165) is 42.8 Å². The summed E-state index contributed by atoms with van der Waals surface area (Å²) in [4.78, 5) is 13.3. The Morgan fingerprint density at radius 1 is 0.833 bits per heavy atom. The first-order chi connectivity index (χ1) is 17.7. The minimum absolute atomic E-state index is 0.148. The Hall–Kier alpha value is -4.05. The van der Waals surface area contributed by atoms with E-state index in [1.165, 1.54) is 27.9 Å². The van der Waals surface area contributed by atoms with Crippen molar-refractivity contribution in [3.8, 4) is 16.9 Å². The van der Waals surface area contributed by atoms with Crippen LogP contribution in [0.4, 0.5) is 5.69 Å². The summed E-state index contributed by atoms with van der Waals surface area (Å²) in [7, 11) is 0. The summed E-state index contributed by atoms with van der Waals surface area (Å²) in [6.07, 6.45) is 2.88. The number of hydrogen-bond donors (Lipinski definition) is 1. The number of nitrogens with zero attached hydrogens (tertiary/aromatic N) is 1. The van der Waals surface area contributed by atoms with Gasteiger partial charge in [0.05, 0.1) is 5.69 Å². The van der Waals surface area contributed by atoms with Gasteiger partial charge in [-0.1, -0.05) is 91.0 Å². The molecule has 36 heavy (non-hydrogen) atoms. The van der Waals surface area contributed by atoms with Crippen LogP contribution in [0, 0.1) is 0 Å². The van der Waals surface area contributed by atoms with E-state index in [0.29, 0.717) is 13.0 Å². The molecule has 0 aliphatic carbocycles. The van der Waals surface area contributed by atoms with Gasteiger partial charge in [-0.15, -0.1) is 0 Å². The summed E-state index contributed by atoms with van der Waals surface area (Å²) in [6, 6.07) is 33.7. The second-order valence-corrected chi connectivity index (χ2v) is 9.31. The highest BCUT2D eigenvalue weighted by atomic mass is 16.5. The molecular weight excluding hydrogens is 446 g/mol. The number of carbonyl (C=O) groups is 1. The third-order valence-electron chi connectivity index (χ3n) is 6.78.